The molecule has 29 heavy (non-hydrogen) atoms. The first-order valence-electron chi connectivity index (χ1n) is 11.7. The molecule has 3 nitrogen and oxygen atoms in total. The molecule has 4 heteroatoms. The van der Waals surface area contributed by atoms with Crippen molar-refractivity contribution in [2.24, 2.45) is 28.1 Å². The first-order valence-corrected chi connectivity index (χ1v) is 11.7. The molecule has 1 spiro atoms. The van der Waals surface area contributed by atoms with Crippen molar-refractivity contribution in [3.8, 4) is 0 Å². The largest absolute Gasteiger partial charge is 0.353 e. The van der Waals surface area contributed by atoms with E-state index in [0.29, 0.717) is 24.2 Å². The fourth-order valence-corrected chi connectivity index (χ4v) is 9.51. The zero-order chi connectivity index (χ0) is 19.9. The van der Waals surface area contributed by atoms with Gasteiger partial charge in [-0.1, -0.05) is 37.3 Å². The molecule has 1 aliphatic heterocycles. The molecule has 1 heterocycles. The summed E-state index contributed by atoms with van der Waals surface area (Å²) < 4.78 is 13.7. The van der Waals surface area contributed by atoms with E-state index in [1.165, 1.54) is 5.56 Å². The maximum absolute atomic E-state index is 13.9. The third-order valence-electron chi connectivity index (χ3n) is 10.1. The fourth-order valence-electron chi connectivity index (χ4n) is 9.51. The minimum Gasteiger partial charge on any atom is -0.353 e. The molecule has 2 N–H and O–H groups in total. The Labute approximate surface area is 173 Å². The number of alkyl halides is 1. The predicted octanol–water partition coefficient (Wildman–Crippen LogP) is 3.98. The molecule has 4 saturated carbocycles. The Morgan fingerprint density at radius 1 is 1.21 bits per heavy atom. The Bertz CT molecular complexity index is 844. The van der Waals surface area contributed by atoms with Crippen molar-refractivity contribution in [1.82, 2.24) is 10.6 Å². The predicted molar refractivity (Wildman–Crippen MR) is 111 cm³/mol. The van der Waals surface area contributed by atoms with Crippen LogP contribution in [0.5, 0.6) is 0 Å². The van der Waals surface area contributed by atoms with Crippen molar-refractivity contribution in [3.63, 3.8) is 0 Å². The number of halogens is 1. The molecule has 5 aliphatic rings. The zero-order valence-corrected chi connectivity index (χ0v) is 17.5. The van der Waals surface area contributed by atoms with Crippen LogP contribution in [0.3, 0.4) is 0 Å². The van der Waals surface area contributed by atoms with Gasteiger partial charge in [0.2, 0.25) is 5.91 Å². The van der Waals surface area contributed by atoms with E-state index in [1.807, 2.05) is 0 Å². The molecule has 4 aliphatic carbocycles. The first kappa shape index (κ1) is 18.4. The van der Waals surface area contributed by atoms with Crippen molar-refractivity contribution in [2.45, 2.75) is 63.3 Å². The van der Waals surface area contributed by atoms with Gasteiger partial charge in [0.15, 0.2) is 0 Å². The molecule has 6 rings (SSSR count). The van der Waals surface area contributed by atoms with Gasteiger partial charge in [-0.2, -0.15) is 0 Å². The summed E-state index contributed by atoms with van der Waals surface area (Å²) in [7, 11) is 0. The molecule has 0 radical (unpaired) electrons. The number of rotatable bonds is 5. The summed E-state index contributed by atoms with van der Waals surface area (Å²) in [5.41, 5.74) is 1.28. The second-order valence-corrected chi connectivity index (χ2v) is 11.0. The van der Waals surface area contributed by atoms with Crippen molar-refractivity contribution in [3.05, 3.63) is 35.9 Å². The van der Waals surface area contributed by atoms with Gasteiger partial charge in [0.05, 0.1) is 12.1 Å². The van der Waals surface area contributed by atoms with E-state index in [9.17, 15) is 9.18 Å². The van der Waals surface area contributed by atoms with E-state index >= 15 is 0 Å². The SMILES string of the molecule is CC1CNCCC1NC(=O)C12CC3CC14[C@](CCF)(C3)C[C@@]4(c1ccccc1)C2. The van der Waals surface area contributed by atoms with Crippen molar-refractivity contribution < 1.29 is 9.18 Å². The molecule has 0 aromatic heterocycles. The maximum atomic E-state index is 13.9. The summed E-state index contributed by atoms with van der Waals surface area (Å²) in [5, 5.41) is 6.95. The lowest BCUT2D eigenvalue weighted by molar-refractivity contribution is -0.312. The average Bonchev–Trinajstić information content (AvgIpc) is 3.18. The normalized spacial score (nSPS) is 49.1. The van der Waals surface area contributed by atoms with Crippen molar-refractivity contribution >= 4 is 5.91 Å². The van der Waals surface area contributed by atoms with Crippen LogP contribution in [0.15, 0.2) is 30.3 Å². The third-order valence-corrected chi connectivity index (χ3v) is 10.1. The van der Waals surface area contributed by atoms with Gasteiger partial charge in [0.25, 0.3) is 0 Å². The minimum absolute atomic E-state index is 0.00858. The van der Waals surface area contributed by atoms with Crippen LogP contribution in [0.1, 0.15) is 57.4 Å². The van der Waals surface area contributed by atoms with Crippen LogP contribution in [0, 0.1) is 28.1 Å². The quantitative estimate of drug-likeness (QED) is 0.790. The minimum atomic E-state index is -0.260. The second-order valence-electron chi connectivity index (χ2n) is 11.0. The van der Waals surface area contributed by atoms with Gasteiger partial charge >= 0.3 is 0 Å². The highest BCUT2D eigenvalue weighted by atomic mass is 19.1. The van der Waals surface area contributed by atoms with Crippen LogP contribution in [-0.2, 0) is 10.2 Å². The molecule has 5 fully saturated rings. The maximum Gasteiger partial charge on any atom is 0.227 e. The van der Waals surface area contributed by atoms with Crippen LogP contribution in [0.2, 0.25) is 0 Å². The van der Waals surface area contributed by atoms with Crippen LogP contribution in [0.4, 0.5) is 4.39 Å². The monoisotopic (exact) mass is 396 g/mol. The molecule has 1 saturated heterocycles. The molecule has 1 aromatic carbocycles. The topological polar surface area (TPSA) is 41.1 Å². The van der Waals surface area contributed by atoms with E-state index in [-0.39, 0.29) is 34.4 Å². The number of hydrogen-bond donors (Lipinski definition) is 2. The van der Waals surface area contributed by atoms with Crippen LogP contribution in [0.25, 0.3) is 0 Å². The van der Waals surface area contributed by atoms with E-state index in [1.54, 1.807) is 0 Å². The van der Waals surface area contributed by atoms with Crippen LogP contribution < -0.4 is 10.6 Å². The van der Waals surface area contributed by atoms with Crippen LogP contribution in [-0.4, -0.2) is 31.7 Å². The summed E-state index contributed by atoms with van der Waals surface area (Å²) >= 11 is 0. The van der Waals surface area contributed by atoms with Crippen molar-refractivity contribution in [1.29, 1.82) is 0 Å². The number of carbonyl (C=O) groups is 1. The van der Waals surface area contributed by atoms with E-state index < -0.39 is 0 Å². The Hall–Kier alpha value is -1.42. The number of benzene rings is 1. The van der Waals surface area contributed by atoms with Gasteiger partial charge in [-0.15, -0.1) is 0 Å². The average molecular weight is 397 g/mol. The molecule has 1 aromatic rings. The lowest BCUT2D eigenvalue weighted by Gasteiger charge is -2.84. The van der Waals surface area contributed by atoms with Crippen molar-refractivity contribution in [2.75, 3.05) is 19.8 Å². The Morgan fingerprint density at radius 2 is 2.03 bits per heavy atom. The lowest BCUT2D eigenvalue weighted by atomic mass is 9.18. The summed E-state index contributed by atoms with van der Waals surface area (Å²) in [4.78, 5) is 13.9. The lowest BCUT2D eigenvalue weighted by Crippen LogP contribution is -2.83. The summed E-state index contributed by atoms with van der Waals surface area (Å²) in [6, 6.07) is 11.1. The number of amides is 1. The smallest absolute Gasteiger partial charge is 0.227 e. The van der Waals surface area contributed by atoms with E-state index in [4.69, 9.17) is 0 Å². The van der Waals surface area contributed by atoms with Gasteiger partial charge in [-0.05, 0) is 80.8 Å². The van der Waals surface area contributed by atoms with Gasteiger partial charge in [0.1, 0.15) is 0 Å². The van der Waals surface area contributed by atoms with Gasteiger partial charge in [0, 0.05) is 16.9 Å². The number of hydrogen-bond acceptors (Lipinski definition) is 2. The zero-order valence-electron chi connectivity index (χ0n) is 17.5. The summed E-state index contributed by atoms with van der Waals surface area (Å²) in [5.74, 6) is 1.37. The fraction of sp³-hybridized carbons (Fsp3) is 0.720. The Kier molecular flexibility index (Phi) is 3.70. The standard InChI is InChI=1S/C25H33FN2O/c1-17-14-27-10-7-20(17)28-21(29)23-12-18-11-22(8-9-26)15-24(16-23,25(22,23)13-18)19-5-3-2-4-6-19/h2-6,17-18,20,27H,7-16H2,1H3,(H,28,29)/t17?,18?,20?,22-,23?,24+,25?/m1/s1. The second kappa shape index (κ2) is 5.84. The van der Waals surface area contributed by atoms with E-state index in [2.05, 4.69) is 47.9 Å². The first-order chi connectivity index (χ1) is 14.0. The molecular weight excluding hydrogens is 363 g/mol. The molecule has 5 unspecified atom stereocenters. The molecule has 7 atom stereocenters. The van der Waals surface area contributed by atoms with E-state index in [0.717, 1.165) is 51.6 Å². The highest BCUT2D eigenvalue weighted by Gasteiger charge is 2.93. The van der Waals surface area contributed by atoms with Gasteiger partial charge in [-0.25, -0.2) is 0 Å². The summed E-state index contributed by atoms with van der Waals surface area (Å²) in [6.45, 7) is 3.95. The number of fused-ring (bicyclic) bond motifs is 1. The Balaban J connectivity index is 1.38. The molecule has 156 valence electrons. The van der Waals surface area contributed by atoms with Crippen LogP contribution >= 0.6 is 0 Å². The number of nitrogens with one attached hydrogen (secondary N) is 2. The highest BCUT2D eigenvalue weighted by Crippen LogP contribution is 2.96. The third kappa shape index (κ3) is 1.91. The molecule has 2 bridgehead atoms. The highest BCUT2D eigenvalue weighted by molar-refractivity contribution is 5.88. The summed E-state index contributed by atoms with van der Waals surface area (Å²) in [6.07, 6.45) is 7.03. The van der Waals surface area contributed by atoms with Gasteiger partial charge in [-0.3, -0.25) is 9.18 Å². The molecular formula is C25H33FN2O. The number of piperidine rings is 1. The molecule has 1 amide bonds. The Morgan fingerprint density at radius 3 is 2.79 bits per heavy atom. The van der Waals surface area contributed by atoms with Gasteiger partial charge < -0.3 is 10.6 Å². The number of carbonyl (C=O) groups excluding carboxylic acids is 1.